The van der Waals surface area contributed by atoms with Gasteiger partial charge in [-0.2, -0.15) is 0 Å². The average molecular weight is 244 g/mol. The van der Waals surface area contributed by atoms with Gasteiger partial charge in [-0.15, -0.1) is 11.3 Å². The lowest BCUT2D eigenvalue weighted by molar-refractivity contribution is 1.16. The first kappa shape index (κ1) is 10.0. The van der Waals surface area contributed by atoms with Gasteiger partial charge in [0, 0.05) is 10.9 Å². The van der Waals surface area contributed by atoms with Crippen LogP contribution in [0.4, 0.5) is 0 Å². The molecule has 0 atom stereocenters. The molecule has 3 aromatic rings. The summed E-state index contributed by atoms with van der Waals surface area (Å²) in [6.45, 7) is 0. The van der Waals surface area contributed by atoms with Crippen LogP contribution in [-0.2, 0) is 0 Å². The van der Waals surface area contributed by atoms with Gasteiger partial charge in [-0.1, -0.05) is 30.3 Å². The largest absolute Gasteiger partial charge is 0.315 e. The molecule has 0 unspecified atom stereocenters. The number of fused-ring (bicyclic) bond motifs is 1. The maximum absolute atomic E-state index is 11.3. The molecule has 5 heteroatoms. The number of benzene rings is 1. The van der Waals surface area contributed by atoms with Crippen molar-refractivity contribution >= 4 is 21.7 Å². The Labute approximate surface area is 99.6 Å². The van der Waals surface area contributed by atoms with Crippen molar-refractivity contribution in [2.45, 2.75) is 0 Å². The van der Waals surface area contributed by atoms with Crippen molar-refractivity contribution in [3.63, 3.8) is 0 Å². The van der Waals surface area contributed by atoms with Gasteiger partial charge in [0.25, 0.3) is 0 Å². The average Bonchev–Trinajstić information content (AvgIpc) is 2.74. The molecule has 1 aromatic carbocycles. The molecular weight excluding hydrogens is 236 g/mol. The second-order valence-corrected chi connectivity index (χ2v) is 4.51. The first-order valence-corrected chi connectivity index (χ1v) is 5.93. The van der Waals surface area contributed by atoms with E-state index in [9.17, 15) is 9.59 Å². The SMILES string of the molecule is O=c1[nH]c2scc(-c3ccccc3)c2[nH]c1=O. The van der Waals surface area contributed by atoms with Gasteiger partial charge in [-0.05, 0) is 5.56 Å². The summed E-state index contributed by atoms with van der Waals surface area (Å²) in [5, 5.41) is 1.92. The van der Waals surface area contributed by atoms with E-state index in [2.05, 4.69) is 9.97 Å². The summed E-state index contributed by atoms with van der Waals surface area (Å²) in [4.78, 5) is 28.4. The highest BCUT2D eigenvalue weighted by molar-refractivity contribution is 7.17. The van der Waals surface area contributed by atoms with Crippen LogP contribution < -0.4 is 11.1 Å². The highest BCUT2D eigenvalue weighted by atomic mass is 32.1. The van der Waals surface area contributed by atoms with E-state index in [1.165, 1.54) is 11.3 Å². The van der Waals surface area contributed by atoms with Crippen LogP contribution in [-0.4, -0.2) is 9.97 Å². The Morgan fingerprint density at radius 1 is 0.941 bits per heavy atom. The van der Waals surface area contributed by atoms with Crippen LogP contribution in [0.5, 0.6) is 0 Å². The fourth-order valence-electron chi connectivity index (χ4n) is 1.73. The lowest BCUT2D eigenvalue weighted by atomic mass is 10.1. The van der Waals surface area contributed by atoms with Crippen LogP contribution in [0.3, 0.4) is 0 Å². The van der Waals surface area contributed by atoms with E-state index in [0.717, 1.165) is 11.1 Å². The number of hydrogen-bond donors (Lipinski definition) is 2. The van der Waals surface area contributed by atoms with Gasteiger partial charge in [0.1, 0.15) is 4.83 Å². The van der Waals surface area contributed by atoms with E-state index in [1.54, 1.807) is 0 Å². The Morgan fingerprint density at radius 2 is 1.65 bits per heavy atom. The summed E-state index contributed by atoms with van der Waals surface area (Å²) in [6.07, 6.45) is 0. The Morgan fingerprint density at radius 3 is 2.41 bits per heavy atom. The zero-order valence-electron chi connectivity index (χ0n) is 8.69. The van der Waals surface area contributed by atoms with Crippen molar-refractivity contribution in [2.24, 2.45) is 0 Å². The van der Waals surface area contributed by atoms with Crippen molar-refractivity contribution in [1.82, 2.24) is 9.97 Å². The predicted molar refractivity (Wildman–Crippen MR) is 68.5 cm³/mol. The quantitative estimate of drug-likeness (QED) is 0.642. The van der Waals surface area contributed by atoms with Crippen LogP contribution in [0, 0.1) is 0 Å². The third kappa shape index (κ3) is 1.60. The Hall–Kier alpha value is -2.14. The van der Waals surface area contributed by atoms with Gasteiger partial charge in [0.15, 0.2) is 0 Å². The van der Waals surface area contributed by atoms with Crippen LogP contribution in [0.1, 0.15) is 0 Å². The number of thiophene rings is 1. The molecule has 0 bridgehead atoms. The first-order chi connectivity index (χ1) is 8.25. The number of rotatable bonds is 1. The molecule has 0 amide bonds. The number of nitrogens with one attached hydrogen (secondary N) is 2. The third-order valence-electron chi connectivity index (χ3n) is 2.55. The molecule has 0 aliphatic heterocycles. The summed E-state index contributed by atoms with van der Waals surface area (Å²) in [5.41, 5.74) is 1.40. The molecule has 0 aliphatic rings. The van der Waals surface area contributed by atoms with Gasteiger partial charge in [-0.25, -0.2) is 0 Å². The predicted octanol–water partition coefficient (Wildman–Crippen LogP) is 1.94. The van der Waals surface area contributed by atoms with Crippen molar-refractivity contribution < 1.29 is 0 Å². The monoisotopic (exact) mass is 244 g/mol. The Bertz CT molecular complexity index is 783. The highest BCUT2D eigenvalue weighted by Gasteiger charge is 2.08. The summed E-state index contributed by atoms with van der Waals surface area (Å²) >= 11 is 1.41. The summed E-state index contributed by atoms with van der Waals surface area (Å²) in [6, 6.07) is 9.73. The maximum atomic E-state index is 11.3. The van der Waals surface area contributed by atoms with Gasteiger partial charge < -0.3 is 9.97 Å². The number of aromatic nitrogens is 2. The van der Waals surface area contributed by atoms with Gasteiger partial charge in [0.2, 0.25) is 0 Å². The summed E-state index contributed by atoms with van der Waals surface area (Å²) in [5.74, 6) is 0. The van der Waals surface area contributed by atoms with Gasteiger partial charge >= 0.3 is 11.1 Å². The molecule has 2 heterocycles. The van der Waals surface area contributed by atoms with Crippen LogP contribution >= 0.6 is 11.3 Å². The smallest absolute Gasteiger partial charge is 0.314 e. The van der Waals surface area contributed by atoms with Crippen molar-refractivity contribution in [3.05, 3.63) is 56.4 Å². The van der Waals surface area contributed by atoms with E-state index in [1.807, 2.05) is 35.7 Å². The minimum Gasteiger partial charge on any atom is -0.315 e. The minimum atomic E-state index is -0.618. The number of H-pyrrole nitrogens is 2. The van der Waals surface area contributed by atoms with E-state index in [0.29, 0.717) is 10.3 Å². The van der Waals surface area contributed by atoms with Crippen LogP contribution in [0.15, 0.2) is 45.3 Å². The summed E-state index contributed by atoms with van der Waals surface area (Å²) in [7, 11) is 0. The highest BCUT2D eigenvalue weighted by Crippen LogP contribution is 2.29. The third-order valence-corrected chi connectivity index (χ3v) is 3.44. The number of aromatic amines is 2. The molecule has 0 saturated heterocycles. The first-order valence-electron chi connectivity index (χ1n) is 5.05. The van der Waals surface area contributed by atoms with E-state index in [4.69, 9.17) is 0 Å². The zero-order valence-corrected chi connectivity index (χ0v) is 9.51. The van der Waals surface area contributed by atoms with Crippen LogP contribution in [0.25, 0.3) is 21.5 Å². The van der Waals surface area contributed by atoms with Crippen molar-refractivity contribution in [1.29, 1.82) is 0 Å². The zero-order chi connectivity index (χ0) is 11.8. The molecule has 2 aromatic heterocycles. The number of hydrogen-bond acceptors (Lipinski definition) is 3. The van der Waals surface area contributed by atoms with Crippen LogP contribution in [0.2, 0.25) is 0 Å². The molecule has 0 aliphatic carbocycles. The second kappa shape index (κ2) is 3.71. The molecule has 0 spiro atoms. The van der Waals surface area contributed by atoms with E-state index >= 15 is 0 Å². The van der Waals surface area contributed by atoms with E-state index < -0.39 is 11.1 Å². The minimum absolute atomic E-state index is 0.612. The van der Waals surface area contributed by atoms with Crippen molar-refractivity contribution in [2.75, 3.05) is 0 Å². The Kier molecular flexibility index (Phi) is 2.19. The second-order valence-electron chi connectivity index (χ2n) is 3.63. The van der Waals surface area contributed by atoms with Gasteiger partial charge in [0.05, 0.1) is 5.52 Å². The molecule has 4 nitrogen and oxygen atoms in total. The fraction of sp³-hybridized carbons (Fsp3) is 0. The molecule has 2 N–H and O–H groups in total. The molecule has 0 saturated carbocycles. The van der Waals surface area contributed by atoms with Gasteiger partial charge in [-0.3, -0.25) is 9.59 Å². The van der Waals surface area contributed by atoms with E-state index in [-0.39, 0.29) is 0 Å². The molecular formula is C12H8N2O2S. The lowest BCUT2D eigenvalue weighted by Crippen LogP contribution is -2.28. The Balaban J connectivity index is 2.36. The topological polar surface area (TPSA) is 65.7 Å². The molecule has 84 valence electrons. The molecule has 0 radical (unpaired) electrons. The maximum Gasteiger partial charge on any atom is 0.314 e. The fourth-order valence-corrected chi connectivity index (χ4v) is 2.65. The van der Waals surface area contributed by atoms with Crippen molar-refractivity contribution in [3.8, 4) is 11.1 Å². The molecule has 17 heavy (non-hydrogen) atoms. The molecule has 3 rings (SSSR count). The summed E-state index contributed by atoms with van der Waals surface area (Å²) < 4.78 is 0. The molecule has 0 fully saturated rings. The standard InChI is InChI=1S/C12H8N2O2S/c15-10-11(16)14-12-9(13-10)8(6-17-12)7-4-2-1-3-5-7/h1-6H,(H,13,15)(H,14,16). The normalized spacial score (nSPS) is 10.8. The lowest BCUT2D eigenvalue weighted by Gasteiger charge is -1.98.